The Labute approximate surface area is 182 Å². The second-order valence-electron chi connectivity index (χ2n) is 8.22. The number of unbranched alkanes of at least 4 members (excludes halogenated alkanes) is 1. The molecular formula is C26H39NO3. The molecule has 1 aliphatic rings. The second-order valence-corrected chi connectivity index (χ2v) is 8.22. The van der Waals surface area contributed by atoms with Crippen LogP contribution in [0, 0.1) is 11.8 Å². The Morgan fingerprint density at radius 3 is 2.80 bits per heavy atom. The highest BCUT2D eigenvalue weighted by Gasteiger charge is 2.32. The smallest absolute Gasteiger partial charge is 0.219 e. The van der Waals surface area contributed by atoms with Gasteiger partial charge in [-0.05, 0) is 63.4 Å². The highest BCUT2D eigenvalue weighted by Crippen LogP contribution is 2.36. The molecule has 166 valence electrons. The third kappa shape index (κ3) is 8.85. The Morgan fingerprint density at radius 2 is 2.07 bits per heavy atom. The first-order valence-electron chi connectivity index (χ1n) is 11.5. The summed E-state index contributed by atoms with van der Waals surface area (Å²) in [6, 6.07) is 10.5. The molecule has 1 aliphatic carbocycles. The molecule has 0 radical (unpaired) electrons. The van der Waals surface area contributed by atoms with E-state index in [0.717, 1.165) is 44.9 Å². The van der Waals surface area contributed by atoms with Crippen molar-refractivity contribution in [2.45, 2.75) is 70.5 Å². The van der Waals surface area contributed by atoms with Gasteiger partial charge >= 0.3 is 0 Å². The van der Waals surface area contributed by atoms with Crippen LogP contribution in [0.2, 0.25) is 0 Å². The molecule has 1 unspecified atom stereocenters. The predicted octanol–water partition coefficient (Wildman–Crippen LogP) is 4.83. The monoisotopic (exact) mass is 413 g/mol. The predicted molar refractivity (Wildman–Crippen MR) is 123 cm³/mol. The zero-order chi connectivity index (χ0) is 21.6. The number of nitrogens with one attached hydrogen (secondary N) is 1. The van der Waals surface area contributed by atoms with Crippen molar-refractivity contribution in [3.63, 3.8) is 0 Å². The standard InChI is InChI=1S/C26H39NO3/c1-3-27-26(29)14-10-5-4-9-13-22-16-20-25(28)24(22)19-18-23(30-2)17-15-21-11-7-6-8-12-21/h4,6-9,11-12,18-19,22-25,28H,3,5,10,13-17,20H2,1-2H3,(H,27,29)/b9-4-,19-18+/t22-,23-,24?,25+/m0/s1. The van der Waals surface area contributed by atoms with Crippen LogP contribution in [-0.4, -0.2) is 36.9 Å². The highest BCUT2D eigenvalue weighted by molar-refractivity contribution is 5.75. The number of methoxy groups -OCH3 is 1. The molecule has 1 aromatic carbocycles. The van der Waals surface area contributed by atoms with Crippen molar-refractivity contribution in [2.24, 2.45) is 11.8 Å². The van der Waals surface area contributed by atoms with E-state index in [9.17, 15) is 9.90 Å². The van der Waals surface area contributed by atoms with Crippen LogP contribution in [-0.2, 0) is 16.0 Å². The first-order chi connectivity index (χ1) is 14.6. The van der Waals surface area contributed by atoms with Crippen LogP contribution in [0.5, 0.6) is 0 Å². The van der Waals surface area contributed by atoms with Gasteiger partial charge in [0, 0.05) is 26.0 Å². The maximum atomic E-state index is 11.5. The van der Waals surface area contributed by atoms with E-state index >= 15 is 0 Å². The number of carbonyl (C=O) groups excluding carboxylic acids is 1. The van der Waals surface area contributed by atoms with Gasteiger partial charge in [-0.15, -0.1) is 0 Å². The zero-order valence-corrected chi connectivity index (χ0v) is 18.6. The summed E-state index contributed by atoms with van der Waals surface area (Å²) >= 11 is 0. The fourth-order valence-corrected chi connectivity index (χ4v) is 4.20. The average molecular weight is 414 g/mol. The van der Waals surface area contributed by atoms with Crippen LogP contribution >= 0.6 is 0 Å². The van der Waals surface area contributed by atoms with Gasteiger partial charge in [0.2, 0.25) is 5.91 Å². The summed E-state index contributed by atoms with van der Waals surface area (Å²) < 4.78 is 5.65. The number of aliphatic hydroxyl groups excluding tert-OH is 1. The topological polar surface area (TPSA) is 58.6 Å². The number of amides is 1. The van der Waals surface area contributed by atoms with Crippen molar-refractivity contribution in [1.29, 1.82) is 0 Å². The Bertz CT molecular complexity index is 656. The second kappa shape index (κ2) is 14.2. The summed E-state index contributed by atoms with van der Waals surface area (Å²) in [5.74, 6) is 0.803. The molecule has 0 spiro atoms. The number of carbonyl (C=O) groups is 1. The number of allylic oxidation sites excluding steroid dienone is 2. The molecule has 0 aliphatic heterocycles. The fraction of sp³-hybridized carbons (Fsp3) is 0.577. The molecule has 4 nitrogen and oxygen atoms in total. The number of benzene rings is 1. The molecule has 2 N–H and O–H groups in total. The van der Waals surface area contributed by atoms with E-state index in [1.807, 2.05) is 13.0 Å². The first-order valence-corrected chi connectivity index (χ1v) is 11.5. The number of hydrogen-bond acceptors (Lipinski definition) is 3. The number of aryl methyl sites for hydroxylation is 1. The molecule has 1 aromatic rings. The van der Waals surface area contributed by atoms with Gasteiger partial charge < -0.3 is 15.2 Å². The van der Waals surface area contributed by atoms with Crippen LogP contribution < -0.4 is 5.32 Å². The van der Waals surface area contributed by atoms with Gasteiger partial charge in [-0.2, -0.15) is 0 Å². The van der Waals surface area contributed by atoms with Crippen molar-refractivity contribution in [3.8, 4) is 0 Å². The minimum Gasteiger partial charge on any atom is -0.393 e. The largest absolute Gasteiger partial charge is 0.393 e. The summed E-state index contributed by atoms with van der Waals surface area (Å²) in [6.07, 6.45) is 15.8. The van der Waals surface area contributed by atoms with E-state index in [1.54, 1.807) is 7.11 Å². The molecule has 1 fully saturated rings. The molecule has 1 saturated carbocycles. The summed E-state index contributed by atoms with van der Waals surface area (Å²) in [5, 5.41) is 13.3. The number of ether oxygens (including phenoxy) is 1. The van der Waals surface area contributed by atoms with Crippen molar-refractivity contribution in [1.82, 2.24) is 5.32 Å². The maximum absolute atomic E-state index is 11.5. The van der Waals surface area contributed by atoms with Crippen LogP contribution in [0.15, 0.2) is 54.6 Å². The summed E-state index contributed by atoms with van der Waals surface area (Å²) in [7, 11) is 1.76. The Hall–Kier alpha value is -1.91. The van der Waals surface area contributed by atoms with Crippen molar-refractivity contribution < 1.29 is 14.6 Å². The molecule has 0 heterocycles. The number of aliphatic hydroxyl groups is 1. The number of rotatable bonds is 13. The quantitative estimate of drug-likeness (QED) is 0.360. The molecule has 0 bridgehead atoms. The van der Waals surface area contributed by atoms with E-state index in [-0.39, 0.29) is 24.0 Å². The lowest BCUT2D eigenvalue weighted by Crippen LogP contribution is -2.21. The van der Waals surface area contributed by atoms with E-state index in [2.05, 4.69) is 53.9 Å². The van der Waals surface area contributed by atoms with Gasteiger partial charge in [0.25, 0.3) is 0 Å². The zero-order valence-electron chi connectivity index (χ0n) is 18.6. The molecule has 0 aromatic heterocycles. The third-order valence-corrected chi connectivity index (χ3v) is 5.99. The fourth-order valence-electron chi connectivity index (χ4n) is 4.20. The van der Waals surface area contributed by atoms with Gasteiger partial charge in [0.05, 0.1) is 12.2 Å². The molecule has 4 heteroatoms. The number of hydrogen-bond donors (Lipinski definition) is 2. The Morgan fingerprint density at radius 1 is 1.27 bits per heavy atom. The first kappa shape index (κ1) is 24.4. The molecule has 0 saturated heterocycles. The van der Waals surface area contributed by atoms with Crippen LogP contribution in [0.25, 0.3) is 0 Å². The normalized spacial score (nSPS) is 22.7. The van der Waals surface area contributed by atoms with Gasteiger partial charge in [0.15, 0.2) is 0 Å². The molecule has 1 amide bonds. The van der Waals surface area contributed by atoms with E-state index in [1.165, 1.54) is 5.56 Å². The summed E-state index contributed by atoms with van der Waals surface area (Å²) in [4.78, 5) is 11.5. The van der Waals surface area contributed by atoms with Crippen LogP contribution in [0.1, 0.15) is 57.4 Å². The van der Waals surface area contributed by atoms with Gasteiger partial charge in [0.1, 0.15) is 0 Å². The Kier molecular flexibility index (Phi) is 11.5. The van der Waals surface area contributed by atoms with Crippen molar-refractivity contribution in [2.75, 3.05) is 13.7 Å². The lowest BCUT2D eigenvalue weighted by molar-refractivity contribution is -0.121. The lowest BCUT2D eigenvalue weighted by Gasteiger charge is -2.19. The summed E-state index contributed by atoms with van der Waals surface area (Å²) in [5.41, 5.74) is 1.32. The lowest BCUT2D eigenvalue weighted by atomic mass is 9.90. The van der Waals surface area contributed by atoms with Crippen LogP contribution in [0.4, 0.5) is 0 Å². The van der Waals surface area contributed by atoms with E-state index in [4.69, 9.17) is 4.74 Å². The summed E-state index contributed by atoms with van der Waals surface area (Å²) in [6.45, 7) is 2.64. The van der Waals surface area contributed by atoms with Crippen LogP contribution in [0.3, 0.4) is 0 Å². The van der Waals surface area contributed by atoms with Gasteiger partial charge in [-0.3, -0.25) is 4.79 Å². The maximum Gasteiger partial charge on any atom is 0.219 e. The van der Waals surface area contributed by atoms with E-state index < -0.39 is 0 Å². The molecular weight excluding hydrogens is 374 g/mol. The van der Waals surface area contributed by atoms with Gasteiger partial charge in [-0.25, -0.2) is 0 Å². The van der Waals surface area contributed by atoms with Gasteiger partial charge in [-0.1, -0.05) is 54.6 Å². The molecule has 4 atom stereocenters. The Balaban J connectivity index is 1.76. The molecule has 30 heavy (non-hydrogen) atoms. The average Bonchev–Trinajstić information content (AvgIpc) is 3.11. The van der Waals surface area contributed by atoms with E-state index in [0.29, 0.717) is 18.9 Å². The van der Waals surface area contributed by atoms with Crippen molar-refractivity contribution >= 4 is 5.91 Å². The SMILES string of the molecule is CCNC(=O)CCC/C=C\C[C@H]1CC[C@@H](O)C1/C=C/[C@H](CCc1ccccc1)OC. The van der Waals surface area contributed by atoms with Crippen molar-refractivity contribution in [3.05, 3.63) is 60.2 Å². The molecule has 2 rings (SSSR count). The third-order valence-electron chi connectivity index (χ3n) is 5.99. The highest BCUT2D eigenvalue weighted by atomic mass is 16.5. The minimum atomic E-state index is -0.260. The minimum absolute atomic E-state index is 0.0727.